The van der Waals surface area contributed by atoms with Crippen molar-refractivity contribution in [2.75, 3.05) is 19.8 Å². The zero-order valence-electron chi connectivity index (χ0n) is 13.5. The average Bonchev–Trinajstić information content (AvgIpc) is 3.22. The molecule has 3 heterocycles. The first kappa shape index (κ1) is 16.2. The second-order valence-electron chi connectivity index (χ2n) is 5.74. The highest BCUT2D eigenvalue weighted by molar-refractivity contribution is 7.88. The van der Waals surface area contributed by atoms with Crippen LogP contribution < -0.4 is 0 Å². The lowest BCUT2D eigenvalue weighted by Crippen LogP contribution is -2.44. The van der Waals surface area contributed by atoms with Crippen LogP contribution in [-0.4, -0.2) is 47.8 Å². The van der Waals surface area contributed by atoms with Gasteiger partial charge in [-0.15, -0.1) is 10.2 Å². The zero-order chi connectivity index (χ0) is 17.4. The van der Waals surface area contributed by atoms with Crippen molar-refractivity contribution in [3.63, 3.8) is 0 Å². The predicted molar refractivity (Wildman–Crippen MR) is 85.9 cm³/mol. The second kappa shape index (κ2) is 6.21. The number of ether oxygens (including phenoxy) is 1. The van der Waals surface area contributed by atoms with E-state index in [2.05, 4.69) is 15.4 Å². The molecule has 1 fully saturated rings. The molecule has 9 nitrogen and oxygen atoms in total. The minimum atomic E-state index is -3.68. The van der Waals surface area contributed by atoms with Crippen LogP contribution >= 0.6 is 0 Å². The van der Waals surface area contributed by atoms with Crippen molar-refractivity contribution in [1.29, 1.82) is 0 Å². The highest BCUT2D eigenvalue weighted by Crippen LogP contribution is 2.29. The number of fused-ring (bicyclic) bond motifs is 1. The Hall–Kier alpha value is -2.30. The first-order valence-electron chi connectivity index (χ1n) is 7.75. The van der Waals surface area contributed by atoms with Gasteiger partial charge in [0.05, 0.1) is 13.2 Å². The molecule has 1 saturated heterocycles. The van der Waals surface area contributed by atoms with E-state index in [1.54, 1.807) is 19.1 Å². The molecule has 0 amide bonds. The quantitative estimate of drug-likeness (QED) is 0.683. The molecule has 3 aromatic rings. The molecule has 0 saturated carbocycles. The van der Waals surface area contributed by atoms with Crippen molar-refractivity contribution in [3.8, 4) is 0 Å². The summed E-state index contributed by atoms with van der Waals surface area (Å²) < 4.78 is 43.3. The molecule has 0 aliphatic carbocycles. The fraction of sp³-hybridized carbons (Fsp3) is 0.400. The van der Waals surface area contributed by atoms with Crippen molar-refractivity contribution < 1.29 is 22.1 Å². The van der Waals surface area contributed by atoms with Gasteiger partial charge in [-0.25, -0.2) is 8.42 Å². The Kier molecular flexibility index (Phi) is 4.02. The molecule has 2 aromatic heterocycles. The lowest BCUT2D eigenvalue weighted by Gasteiger charge is -2.32. The lowest BCUT2D eigenvalue weighted by molar-refractivity contribution is 0.0220. The number of sulfonamides is 1. The molecule has 132 valence electrons. The van der Waals surface area contributed by atoms with E-state index >= 15 is 0 Å². The molecule has 4 rings (SSSR count). The van der Waals surface area contributed by atoms with Gasteiger partial charge in [-0.3, -0.25) is 0 Å². The van der Waals surface area contributed by atoms with Crippen LogP contribution in [0.1, 0.15) is 23.5 Å². The summed E-state index contributed by atoms with van der Waals surface area (Å²) in [5, 5.41) is 12.3. The van der Waals surface area contributed by atoms with Crippen LogP contribution in [0.5, 0.6) is 0 Å². The average molecular weight is 364 g/mol. The van der Waals surface area contributed by atoms with Gasteiger partial charge in [-0.05, 0) is 12.1 Å². The van der Waals surface area contributed by atoms with Crippen LogP contribution in [-0.2, 0) is 20.5 Å². The first-order chi connectivity index (χ1) is 12.0. The maximum absolute atomic E-state index is 13.0. The molecule has 25 heavy (non-hydrogen) atoms. The first-order valence-corrected chi connectivity index (χ1v) is 9.36. The third-order valence-corrected chi connectivity index (χ3v) is 5.82. The number of aromatic nitrogens is 3. The maximum atomic E-state index is 13.0. The van der Waals surface area contributed by atoms with Gasteiger partial charge in [-0.2, -0.15) is 4.31 Å². The van der Waals surface area contributed by atoms with Crippen molar-refractivity contribution in [3.05, 3.63) is 41.7 Å². The Morgan fingerprint density at radius 2 is 2.12 bits per heavy atom. The van der Waals surface area contributed by atoms with E-state index in [9.17, 15) is 8.42 Å². The molecule has 0 N–H and O–H groups in total. The monoisotopic (exact) mass is 364 g/mol. The fourth-order valence-electron chi connectivity index (χ4n) is 2.86. The molecule has 1 unspecified atom stereocenters. The summed E-state index contributed by atoms with van der Waals surface area (Å²) in [6, 6.07) is 6.51. The summed E-state index contributed by atoms with van der Waals surface area (Å²) >= 11 is 0. The minimum Gasteiger partial charge on any atom is -0.424 e. The van der Waals surface area contributed by atoms with Crippen LogP contribution in [0.2, 0.25) is 0 Å². The van der Waals surface area contributed by atoms with Crippen LogP contribution in [0, 0.1) is 6.92 Å². The number of aryl methyl sites for hydroxylation is 1. The molecule has 1 atom stereocenters. The summed E-state index contributed by atoms with van der Waals surface area (Å²) in [6.07, 6.45) is 0. The standard InChI is InChI=1S/C15H16N4O5S/c1-10-16-17-15(23-10)13-8-22-7-6-19(13)25(20,21)9-12-11-4-2-3-5-14(11)24-18-12/h2-5,13H,6-9H2,1H3. The van der Waals surface area contributed by atoms with E-state index < -0.39 is 16.1 Å². The number of benzene rings is 1. The van der Waals surface area contributed by atoms with Gasteiger partial charge in [-0.1, -0.05) is 17.3 Å². The summed E-state index contributed by atoms with van der Waals surface area (Å²) in [7, 11) is -3.68. The number of rotatable bonds is 4. The SMILES string of the molecule is Cc1nnc(C2COCCN2S(=O)(=O)Cc2noc3ccccc23)o1. The molecule has 1 aromatic carbocycles. The number of nitrogens with zero attached hydrogens (tertiary/aromatic N) is 4. The van der Waals surface area contributed by atoms with E-state index in [0.717, 1.165) is 0 Å². The molecular weight excluding hydrogens is 348 g/mol. The van der Waals surface area contributed by atoms with E-state index in [1.807, 2.05) is 12.1 Å². The number of para-hydroxylation sites is 1. The Bertz CT molecular complexity index is 996. The number of hydrogen-bond donors (Lipinski definition) is 0. The Morgan fingerprint density at radius 1 is 1.28 bits per heavy atom. The van der Waals surface area contributed by atoms with Crippen molar-refractivity contribution >= 4 is 21.0 Å². The van der Waals surface area contributed by atoms with Gasteiger partial charge in [0.15, 0.2) is 5.58 Å². The molecule has 0 spiro atoms. The van der Waals surface area contributed by atoms with Gasteiger partial charge < -0.3 is 13.7 Å². The Balaban J connectivity index is 1.65. The second-order valence-corrected chi connectivity index (χ2v) is 7.66. The summed E-state index contributed by atoms with van der Waals surface area (Å²) in [5.74, 6) is 0.333. The predicted octanol–water partition coefficient (Wildman–Crippen LogP) is 1.42. The van der Waals surface area contributed by atoms with E-state index in [-0.39, 0.29) is 24.8 Å². The van der Waals surface area contributed by atoms with Gasteiger partial charge in [0.1, 0.15) is 17.5 Å². The van der Waals surface area contributed by atoms with Crippen LogP contribution in [0.4, 0.5) is 0 Å². The van der Waals surface area contributed by atoms with Gasteiger partial charge >= 0.3 is 0 Å². The Labute approximate surface area is 143 Å². The van der Waals surface area contributed by atoms with Crippen LogP contribution in [0.25, 0.3) is 11.0 Å². The van der Waals surface area contributed by atoms with Crippen LogP contribution in [0.15, 0.2) is 33.2 Å². The van der Waals surface area contributed by atoms with E-state index in [1.165, 1.54) is 4.31 Å². The highest BCUT2D eigenvalue weighted by Gasteiger charge is 2.37. The van der Waals surface area contributed by atoms with E-state index in [0.29, 0.717) is 29.2 Å². The van der Waals surface area contributed by atoms with Crippen molar-refractivity contribution in [2.24, 2.45) is 0 Å². The summed E-state index contributed by atoms with van der Waals surface area (Å²) in [5.41, 5.74) is 0.932. The van der Waals surface area contributed by atoms with Gasteiger partial charge in [0.2, 0.25) is 21.8 Å². The molecule has 1 aliphatic heterocycles. The highest BCUT2D eigenvalue weighted by atomic mass is 32.2. The fourth-order valence-corrected chi connectivity index (χ4v) is 4.47. The van der Waals surface area contributed by atoms with E-state index in [4.69, 9.17) is 13.7 Å². The topological polar surface area (TPSA) is 112 Å². The van der Waals surface area contributed by atoms with Crippen molar-refractivity contribution in [2.45, 2.75) is 18.7 Å². The van der Waals surface area contributed by atoms with Crippen LogP contribution in [0.3, 0.4) is 0 Å². The molecule has 0 bridgehead atoms. The summed E-state index contributed by atoms with van der Waals surface area (Å²) in [6.45, 7) is 2.34. The summed E-state index contributed by atoms with van der Waals surface area (Å²) in [4.78, 5) is 0. The van der Waals surface area contributed by atoms with Crippen molar-refractivity contribution in [1.82, 2.24) is 19.7 Å². The molecule has 1 aliphatic rings. The molecular formula is C15H16N4O5S. The van der Waals surface area contributed by atoms with Gasteiger partial charge in [0.25, 0.3) is 0 Å². The number of hydrogen-bond acceptors (Lipinski definition) is 8. The minimum absolute atomic E-state index is 0.167. The third-order valence-electron chi connectivity index (χ3n) is 4.03. The zero-order valence-corrected chi connectivity index (χ0v) is 14.3. The normalized spacial score (nSPS) is 19.5. The smallest absolute Gasteiger partial charge is 0.237 e. The van der Waals surface area contributed by atoms with Gasteiger partial charge in [0, 0.05) is 18.9 Å². The third kappa shape index (κ3) is 3.03. The molecule has 0 radical (unpaired) electrons. The lowest BCUT2D eigenvalue weighted by atomic mass is 10.2. The maximum Gasteiger partial charge on any atom is 0.237 e. The number of morpholine rings is 1. The largest absolute Gasteiger partial charge is 0.424 e. The molecule has 10 heteroatoms. The Morgan fingerprint density at radius 3 is 2.92 bits per heavy atom.